The molecule has 4 aliphatic rings. The van der Waals surface area contributed by atoms with E-state index in [1.165, 1.54) is 19.3 Å². The summed E-state index contributed by atoms with van der Waals surface area (Å²) in [6.07, 6.45) is 7.53. The minimum Gasteiger partial charge on any atom is -0.223 e. The van der Waals surface area contributed by atoms with E-state index >= 15 is 0 Å². The molecule has 0 heterocycles. The van der Waals surface area contributed by atoms with E-state index in [4.69, 9.17) is 0 Å². The van der Waals surface area contributed by atoms with Crippen LogP contribution in [0, 0.1) is 23.2 Å². The maximum absolute atomic E-state index is 13.1. The molecule has 0 spiro atoms. The monoisotopic (exact) mass is 292 g/mol. The Balaban J connectivity index is 1.71. The lowest BCUT2D eigenvalue weighted by Crippen LogP contribution is -2.47. The van der Waals surface area contributed by atoms with Gasteiger partial charge in [-0.25, -0.2) is 8.42 Å². The third kappa shape index (κ3) is 2.43. The summed E-state index contributed by atoms with van der Waals surface area (Å²) in [4.78, 5) is 0. The zero-order valence-corrected chi connectivity index (χ0v) is 12.2. The molecule has 4 bridgehead atoms. The van der Waals surface area contributed by atoms with E-state index in [1.54, 1.807) is 0 Å². The van der Waals surface area contributed by atoms with Gasteiger partial charge in [0.25, 0.3) is 0 Å². The largest absolute Gasteiger partial charge is 0.342 e. The molecule has 0 aliphatic heterocycles. The first-order valence-corrected chi connectivity index (χ1v) is 8.94. The fourth-order valence-electron chi connectivity index (χ4n) is 5.13. The molecule has 0 aromatic rings. The highest BCUT2D eigenvalue weighted by Gasteiger charge is 2.51. The molecule has 0 aromatic heterocycles. The van der Waals surface area contributed by atoms with Crippen molar-refractivity contribution in [2.75, 3.05) is 5.75 Å². The molecule has 0 N–H and O–H groups in total. The molecule has 4 fully saturated rings. The maximum atomic E-state index is 13.1. The van der Waals surface area contributed by atoms with Crippen LogP contribution in [0.15, 0.2) is 0 Å². The van der Waals surface area contributed by atoms with Crippen LogP contribution in [-0.4, -0.2) is 19.4 Å². The molecule has 19 heavy (non-hydrogen) atoms. The molecule has 0 unspecified atom stereocenters. The van der Waals surface area contributed by atoms with Gasteiger partial charge in [-0.3, -0.25) is 0 Å². The van der Waals surface area contributed by atoms with Crippen molar-refractivity contribution in [2.45, 2.75) is 57.1 Å². The SMILES string of the molecule is CC(F)(F)S(=O)(=O)CCC12CC3CC(CC(C3)C1)C2. The van der Waals surface area contributed by atoms with Gasteiger partial charge in [-0.05, 0) is 68.1 Å². The second-order valence-corrected chi connectivity index (χ2v) is 9.65. The van der Waals surface area contributed by atoms with Crippen LogP contribution >= 0.6 is 0 Å². The molecule has 4 saturated carbocycles. The third-order valence-electron chi connectivity index (χ3n) is 5.61. The minimum absolute atomic E-state index is 0.0626. The molecular formula is C14H22F2O2S. The quantitative estimate of drug-likeness (QED) is 0.793. The van der Waals surface area contributed by atoms with Crippen LogP contribution in [0.3, 0.4) is 0 Å². The second-order valence-electron chi connectivity index (χ2n) is 7.29. The Morgan fingerprint density at radius 1 is 1.05 bits per heavy atom. The highest BCUT2D eigenvalue weighted by atomic mass is 32.2. The average molecular weight is 292 g/mol. The first kappa shape index (κ1) is 13.8. The number of hydrogen-bond acceptors (Lipinski definition) is 2. The first-order chi connectivity index (χ1) is 8.69. The van der Waals surface area contributed by atoms with Crippen molar-refractivity contribution in [1.29, 1.82) is 0 Å². The molecule has 110 valence electrons. The molecule has 0 saturated heterocycles. The van der Waals surface area contributed by atoms with Gasteiger partial charge in [0, 0.05) is 6.92 Å². The number of rotatable bonds is 4. The van der Waals surface area contributed by atoms with Crippen molar-refractivity contribution < 1.29 is 17.2 Å². The number of halogens is 2. The van der Waals surface area contributed by atoms with E-state index < -0.39 is 15.1 Å². The molecule has 2 nitrogen and oxygen atoms in total. The number of hydrogen-bond donors (Lipinski definition) is 0. The molecule has 0 atom stereocenters. The van der Waals surface area contributed by atoms with Gasteiger partial charge in [0.2, 0.25) is 9.84 Å². The van der Waals surface area contributed by atoms with Crippen LogP contribution in [0.2, 0.25) is 0 Å². The summed E-state index contributed by atoms with van der Waals surface area (Å²) in [7, 11) is -4.27. The van der Waals surface area contributed by atoms with Gasteiger partial charge in [0.05, 0.1) is 5.75 Å². The molecule has 0 amide bonds. The predicted molar refractivity (Wildman–Crippen MR) is 69.6 cm³/mol. The Hall–Kier alpha value is -0.190. The van der Waals surface area contributed by atoms with Crippen molar-refractivity contribution in [3.63, 3.8) is 0 Å². The lowest BCUT2D eigenvalue weighted by atomic mass is 9.49. The Kier molecular flexibility index (Phi) is 3.01. The third-order valence-corrected chi connectivity index (χ3v) is 7.45. The van der Waals surface area contributed by atoms with Crippen LogP contribution in [0.5, 0.6) is 0 Å². The summed E-state index contributed by atoms with van der Waals surface area (Å²) < 4.78 is 49.3. The molecule has 4 aliphatic carbocycles. The maximum Gasteiger partial charge on any atom is 0.342 e. The van der Waals surface area contributed by atoms with Crippen LogP contribution in [0.25, 0.3) is 0 Å². The van der Waals surface area contributed by atoms with Gasteiger partial charge >= 0.3 is 5.25 Å². The van der Waals surface area contributed by atoms with Crippen molar-refractivity contribution in [2.24, 2.45) is 23.2 Å². The van der Waals surface area contributed by atoms with Gasteiger partial charge in [-0.2, -0.15) is 8.78 Å². The zero-order valence-electron chi connectivity index (χ0n) is 11.4. The molecule has 0 aromatic carbocycles. The van der Waals surface area contributed by atoms with E-state index in [2.05, 4.69) is 0 Å². The summed E-state index contributed by atoms with van der Waals surface area (Å²) in [5.41, 5.74) is 0.0626. The van der Waals surface area contributed by atoms with Gasteiger partial charge in [0.1, 0.15) is 0 Å². The van der Waals surface area contributed by atoms with Crippen molar-refractivity contribution >= 4 is 9.84 Å². The fraction of sp³-hybridized carbons (Fsp3) is 1.00. The van der Waals surface area contributed by atoms with E-state index in [1.807, 2.05) is 0 Å². The van der Waals surface area contributed by atoms with Crippen molar-refractivity contribution in [3.05, 3.63) is 0 Å². The molecular weight excluding hydrogens is 270 g/mol. The Morgan fingerprint density at radius 3 is 1.84 bits per heavy atom. The summed E-state index contributed by atoms with van der Waals surface area (Å²) in [6.45, 7) is 0.502. The highest BCUT2D eigenvalue weighted by molar-refractivity contribution is 7.92. The number of alkyl halides is 2. The lowest BCUT2D eigenvalue weighted by Gasteiger charge is -2.57. The Labute approximate surface area is 113 Å². The van der Waals surface area contributed by atoms with Gasteiger partial charge < -0.3 is 0 Å². The van der Waals surface area contributed by atoms with Gasteiger partial charge in [0.15, 0.2) is 0 Å². The Bertz CT molecular complexity index is 429. The van der Waals surface area contributed by atoms with Gasteiger partial charge in [-0.15, -0.1) is 0 Å². The van der Waals surface area contributed by atoms with Crippen LogP contribution < -0.4 is 0 Å². The second kappa shape index (κ2) is 4.15. The van der Waals surface area contributed by atoms with Crippen LogP contribution in [0.1, 0.15) is 51.9 Å². The summed E-state index contributed by atoms with van der Waals surface area (Å²) >= 11 is 0. The Morgan fingerprint density at radius 2 is 1.47 bits per heavy atom. The normalized spacial score (nSPS) is 41.7. The van der Waals surface area contributed by atoms with Crippen LogP contribution in [-0.2, 0) is 9.84 Å². The molecule has 0 radical (unpaired) electrons. The smallest absolute Gasteiger partial charge is 0.223 e. The number of sulfone groups is 1. The topological polar surface area (TPSA) is 34.1 Å². The van der Waals surface area contributed by atoms with E-state index in [0.717, 1.165) is 37.0 Å². The first-order valence-electron chi connectivity index (χ1n) is 7.29. The summed E-state index contributed by atoms with van der Waals surface area (Å²) in [5, 5.41) is -3.59. The zero-order chi connectivity index (χ0) is 13.9. The fourth-order valence-corrected chi connectivity index (χ4v) is 6.19. The van der Waals surface area contributed by atoms with Crippen LogP contribution in [0.4, 0.5) is 8.78 Å². The minimum atomic E-state index is -4.27. The molecule has 4 rings (SSSR count). The van der Waals surface area contributed by atoms with E-state index in [-0.39, 0.29) is 11.2 Å². The highest BCUT2D eigenvalue weighted by Crippen LogP contribution is 2.61. The predicted octanol–water partition coefficient (Wildman–Crippen LogP) is 3.62. The van der Waals surface area contributed by atoms with Crippen molar-refractivity contribution in [1.82, 2.24) is 0 Å². The summed E-state index contributed by atoms with van der Waals surface area (Å²) in [6, 6.07) is 0. The standard InChI is InChI=1S/C14H22F2O2S/c1-13(15,16)19(17,18)3-2-14-7-10-4-11(8-14)6-12(5-10)9-14/h10-12H,2-9H2,1H3. The van der Waals surface area contributed by atoms with Gasteiger partial charge in [-0.1, -0.05) is 0 Å². The van der Waals surface area contributed by atoms with E-state index in [0.29, 0.717) is 13.3 Å². The van der Waals surface area contributed by atoms with Crippen molar-refractivity contribution in [3.8, 4) is 0 Å². The lowest BCUT2D eigenvalue weighted by molar-refractivity contribution is -0.0542. The van der Waals surface area contributed by atoms with E-state index in [9.17, 15) is 17.2 Å². The summed E-state index contributed by atoms with van der Waals surface area (Å²) in [5.74, 6) is 1.85. The average Bonchev–Trinajstić information content (AvgIpc) is 2.23. The molecule has 5 heteroatoms.